The van der Waals surface area contributed by atoms with E-state index in [2.05, 4.69) is 6.58 Å². The summed E-state index contributed by atoms with van der Waals surface area (Å²) in [5, 5.41) is 1.44. The summed E-state index contributed by atoms with van der Waals surface area (Å²) in [7, 11) is -1.91. The van der Waals surface area contributed by atoms with Gasteiger partial charge in [0.15, 0.2) is 0 Å². The van der Waals surface area contributed by atoms with Crippen LogP contribution in [0.4, 0.5) is 0 Å². The standard InChI is InChI=1S/C5H12N2S/c1-3-5-8(6,7)4-2/h4,6-7H,2-3,5H2,1H3. The third-order valence-electron chi connectivity index (χ3n) is 0.811. The fourth-order valence-corrected chi connectivity index (χ4v) is 1.22. The molecule has 0 fully saturated rings. The van der Waals surface area contributed by atoms with Gasteiger partial charge in [-0.15, -0.1) is 0 Å². The van der Waals surface area contributed by atoms with Crippen LogP contribution in [0.5, 0.6) is 0 Å². The normalized spacial score (nSPS) is 11.1. The van der Waals surface area contributed by atoms with E-state index in [-0.39, 0.29) is 0 Å². The van der Waals surface area contributed by atoms with Gasteiger partial charge >= 0.3 is 0 Å². The first kappa shape index (κ1) is 7.69. The second-order valence-corrected chi connectivity index (χ2v) is 3.99. The van der Waals surface area contributed by atoms with Crippen molar-refractivity contribution in [3.8, 4) is 0 Å². The van der Waals surface area contributed by atoms with Crippen LogP contribution in [0, 0.1) is 9.56 Å². The summed E-state index contributed by atoms with van der Waals surface area (Å²) in [6.07, 6.45) is 0.911. The van der Waals surface area contributed by atoms with Crippen LogP contribution in [0.25, 0.3) is 0 Å². The van der Waals surface area contributed by atoms with Crippen molar-refractivity contribution in [3.05, 3.63) is 12.0 Å². The monoisotopic (exact) mass is 132 g/mol. The molecule has 0 aliphatic rings. The van der Waals surface area contributed by atoms with E-state index in [1.165, 1.54) is 5.41 Å². The SMILES string of the molecule is C=CS(=N)(=N)CCC. The lowest BCUT2D eigenvalue weighted by Gasteiger charge is -1.98. The molecule has 0 radical (unpaired) electrons. The van der Waals surface area contributed by atoms with Crippen molar-refractivity contribution in [1.82, 2.24) is 0 Å². The third kappa shape index (κ3) is 2.80. The number of rotatable bonds is 3. The van der Waals surface area contributed by atoms with Crippen LogP contribution in [-0.4, -0.2) is 5.75 Å². The summed E-state index contributed by atoms with van der Waals surface area (Å²) in [5.74, 6) is 0.663. The topological polar surface area (TPSA) is 47.7 Å². The Kier molecular flexibility index (Phi) is 2.76. The Hall–Kier alpha value is -0.310. The molecule has 2 nitrogen and oxygen atoms in total. The molecule has 0 aromatic heterocycles. The molecule has 0 bridgehead atoms. The lowest BCUT2D eigenvalue weighted by molar-refractivity contribution is 1.09. The molecule has 0 aliphatic carbocycles. The van der Waals surface area contributed by atoms with Crippen LogP contribution in [0.3, 0.4) is 0 Å². The van der Waals surface area contributed by atoms with Crippen LogP contribution >= 0.6 is 0 Å². The Morgan fingerprint density at radius 1 is 1.62 bits per heavy atom. The van der Waals surface area contributed by atoms with Gasteiger partial charge in [-0.05, 0) is 21.4 Å². The Balaban J connectivity index is 3.95. The lowest BCUT2D eigenvalue weighted by Crippen LogP contribution is -1.94. The van der Waals surface area contributed by atoms with E-state index < -0.39 is 9.62 Å². The molecule has 0 heterocycles. The van der Waals surface area contributed by atoms with Crippen LogP contribution < -0.4 is 0 Å². The highest BCUT2D eigenvalue weighted by Crippen LogP contribution is 1.95. The quantitative estimate of drug-likeness (QED) is 0.591. The maximum absolute atomic E-state index is 7.21. The molecule has 0 saturated carbocycles. The van der Waals surface area contributed by atoms with E-state index in [1.807, 2.05) is 6.92 Å². The fraction of sp³-hybridized carbons (Fsp3) is 0.600. The van der Waals surface area contributed by atoms with Crippen molar-refractivity contribution in [2.24, 2.45) is 0 Å². The molecule has 0 amide bonds. The van der Waals surface area contributed by atoms with Gasteiger partial charge in [0.1, 0.15) is 0 Å². The van der Waals surface area contributed by atoms with E-state index in [9.17, 15) is 0 Å². The molecule has 0 aromatic rings. The van der Waals surface area contributed by atoms with Crippen molar-refractivity contribution in [2.75, 3.05) is 5.75 Å². The molecule has 48 valence electrons. The lowest BCUT2D eigenvalue weighted by atomic mass is 10.6. The van der Waals surface area contributed by atoms with Gasteiger partial charge in [0, 0.05) is 5.75 Å². The van der Waals surface area contributed by atoms with Crippen molar-refractivity contribution in [3.63, 3.8) is 0 Å². The van der Waals surface area contributed by atoms with Crippen LogP contribution in [0.1, 0.15) is 13.3 Å². The van der Waals surface area contributed by atoms with Gasteiger partial charge in [-0.2, -0.15) is 0 Å². The molecule has 0 aromatic carbocycles. The first-order valence-electron chi connectivity index (χ1n) is 2.55. The van der Waals surface area contributed by atoms with Crippen molar-refractivity contribution in [1.29, 1.82) is 9.56 Å². The third-order valence-corrected chi connectivity index (χ3v) is 2.43. The predicted molar refractivity (Wildman–Crippen MR) is 38.2 cm³/mol. The van der Waals surface area contributed by atoms with Crippen molar-refractivity contribution in [2.45, 2.75) is 13.3 Å². The molecule has 0 unspecified atom stereocenters. The smallest absolute Gasteiger partial charge is 0.0164 e. The Morgan fingerprint density at radius 2 is 2.12 bits per heavy atom. The van der Waals surface area contributed by atoms with E-state index in [0.717, 1.165) is 6.42 Å². The Labute approximate surface area is 51.0 Å². The highest BCUT2D eigenvalue weighted by atomic mass is 32.2. The van der Waals surface area contributed by atoms with Gasteiger partial charge in [-0.1, -0.05) is 13.5 Å². The molecular weight excluding hydrogens is 120 g/mol. The molecule has 0 saturated heterocycles. The fourth-order valence-electron chi connectivity index (χ4n) is 0.405. The minimum atomic E-state index is -1.91. The van der Waals surface area contributed by atoms with Gasteiger partial charge in [-0.25, -0.2) is 0 Å². The summed E-state index contributed by atoms with van der Waals surface area (Å²) in [6.45, 7) is 5.39. The summed E-state index contributed by atoms with van der Waals surface area (Å²) < 4.78 is 14.4. The van der Waals surface area contributed by atoms with E-state index >= 15 is 0 Å². The van der Waals surface area contributed by atoms with Gasteiger partial charge in [-0.3, -0.25) is 9.56 Å². The van der Waals surface area contributed by atoms with E-state index in [0.29, 0.717) is 5.75 Å². The average molecular weight is 132 g/mol. The average Bonchev–Trinajstić information content (AvgIpc) is 1.67. The minimum Gasteiger partial charge on any atom is -0.267 e. The zero-order valence-electron chi connectivity index (χ0n) is 5.11. The van der Waals surface area contributed by atoms with Crippen LogP contribution in [0.15, 0.2) is 12.0 Å². The first-order valence-corrected chi connectivity index (χ1v) is 4.41. The summed E-state index contributed by atoms with van der Waals surface area (Å²) in [6, 6.07) is 0. The summed E-state index contributed by atoms with van der Waals surface area (Å²) in [5.41, 5.74) is 0. The molecule has 0 aliphatic heterocycles. The molecular formula is C5H12N2S. The van der Waals surface area contributed by atoms with E-state index in [4.69, 9.17) is 9.56 Å². The second kappa shape index (κ2) is 2.87. The molecule has 0 rings (SSSR count). The largest absolute Gasteiger partial charge is 0.267 e. The van der Waals surface area contributed by atoms with E-state index in [1.54, 1.807) is 0 Å². The second-order valence-electron chi connectivity index (χ2n) is 1.66. The molecule has 0 spiro atoms. The summed E-state index contributed by atoms with van der Waals surface area (Å²) >= 11 is 0. The Bertz CT molecular complexity index is 155. The minimum absolute atomic E-state index is 0.663. The zero-order valence-corrected chi connectivity index (χ0v) is 5.92. The zero-order chi connectivity index (χ0) is 6.62. The van der Waals surface area contributed by atoms with Crippen molar-refractivity contribution < 1.29 is 0 Å². The van der Waals surface area contributed by atoms with Crippen molar-refractivity contribution >= 4 is 9.62 Å². The van der Waals surface area contributed by atoms with Gasteiger partial charge < -0.3 is 0 Å². The van der Waals surface area contributed by atoms with Gasteiger partial charge in [0.05, 0.1) is 0 Å². The molecule has 8 heavy (non-hydrogen) atoms. The predicted octanol–water partition coefficient (Wildman–Crippen LogP) is 2.22. The first-order chi connectivity index (χ1) is 3.62. The molecule has 3 heteroatoms. The highest BCUT2D eigenvalue weighted by Gasteiger charge is 1.89. The number of hydrogen-bond acceptors (Lipinski definition) is 2. The molecule has 2 N–H and O–H groups in total. The van der Waals surface area contributed by atoms with Gasteiger partial charge in [0.25, 0.3) is 0 Å². The highest BCUT2D eigenvalue weighted by molar-refractivity contribution is 7.96. The summed E-state index contributed by atoms with van der Waals surface area (Å²) in [4.78, 5) is 0. The molecule has 0 atom stereocenters. The number of hydrogen-bond donors (Lipinski definition) is 2. The van der Waals surface area contributed by atoms with Gasteiger partial charge in [0.2, 0.25) is 0 Å². The maximum atomic E-state index is 7.21. The maximum Gasteiger partial charge on any atom is 0.0164 e. The van der Waals surface area contributed by atoms with Crippen LogP contribution in [0.2, 0.25) is 0 Å². The Morgan fingerprint density at radius 3 is 2.25 bits per heavy atom. The van der Waals surface area contributed by atoms with Crippen LogP contribution in [-0.2, 0) is 9.62 Å². The number of nitrogens with one attached hydrogen (secondary N) is 2.